The Kier molecular flexibility index (Phi) is 2.99. The first-order chi connectivity index (χ1) is 9.66. The van der Waals surface area contributed by atoms with Gasteiger partial charge in [-0.2, -0.15) is 5.10 Å². The number of halogens is 1. The highest BCUT2D eigenvalue weighted by atomic mass is 19.1. The van der Waals surface area contributed by atoms with Crippen LogP contribution in [0.5, 0.6) is 0 Å². The lowest BCUT2D eigenvalue weighted by Crippen LogP contribution is -2.03. The molecule has 3 rings (SSSR count). The van der Waals surface area contributed by atoms with E-state index in [2.05, 4.69) is 5.10 Å². The second kappa shape index (κ2) is 4.81. The second-order valence-electron chi connectivity index (χ2n) is 4.65. The van der Waals surface area contributed by atoms with E-state index in [1.165, 1.54) is 12.1 Å². The van der Waals surface area contributed by atoms with Gasteiger partial charge in [0.2, 0.25) is 0 Å². The van der Waals surface area contributed by atoms with Crippen molar-refractivity contribution in [2.24, 2.45) is 0 Å². The maximum absolute atomic E-state index is 13.1. The van der Waals surface area contributed by atoms with Gasteiger partial charge in [-0.3, -0.25) is 0 Å². The quantitative estimate of drug-likeness (QED) is 0.721. The van der Waals surface area contributed by atoms with Crippen LogP contribution in [0.4, 0.5) is 10.1 Å². The molecular weight excluding hydrogens is 253 g/mol. The van der Waals surface area contributed by atoms with E-state index in [-0.39, 0.29) is 5.82 Å². The average Bonchev–Trinajstić information content (AvgIpc) is 2.82. The third-order valence-corrected chi connectivity index (χ3v) is 3.23. The van der Waals surface area contributed by atoms with Crippen molar-refractivity contribution in [3.63, 3.8) is 0 Å². The highest BCUT2D eigenvalue weighted by Crippen LogP contribution is 2.28. The van der Waals surface area contributed by atoms with Crippen molar-refractivity contribution in [3.8, 4) is 16.9 Å². The minimum absolute atomic E-state index is 0.253. The molecule has 0 radical (unpaired) electrons. The lowest BCUT2D eigenvalue weighted by Gasteiger charge is -2.11. The molecule has 1 heterocycles. The number of nitrogens with zero attached hydrogens (tertiary/aromatic N) is 2. The molecule has 0 saturated heterocycles. The van der Waals surface area contributed by atoms with Gasteiger partial charge in [0.1, 0.15) is 5.82 Å². The van der Waals surface area contributed by atoms with Gasteiger partial charge >= 0.3 is 0 Å². The van der Waals surface area contributed by atoms with E-state index in [0.29, 0.717) is 5.69 Å². The summed E-state index contributed by atoms with van der Waals surface area (Å²) >= 11 is 0. The Hall–Kier alpha value is -2.62. The molecule has 1 aromatic heterocycles. The molecule has 20 heavy (non-hydrogen) atoms. The van der Waals surface area contributed by atoms with E-state index in [1.807, 2.05) is 31.2 Å². The zero-order valence-electron chi connectivity index (χ0n) is 11.0. The maximum atomic E-state index is 13.1. The fourth-order valence-electron chi connectivity index (χ4n) is 2.25. The standard InChI is InChI=1S/C16H14FN3/c1-11-10-19-20(15-5-3-2-4-14(15)18)16(11)12-6-8-13(17)9-7-12/h2-10H,18H2,1H3. The van der Waals surface area contributed by atoms with E-state index in [0.717, 1.165) is 22.5 Å². The lowest BCUT2D eigenvalue weighted by atomic mass is 10.1. The van der Waals surface area contributed by atoms with E-state index in [9.17, 15) is 4.39 Å². The van der Waals surface area contributed by atoms with Crippen LogP contribution in [0.25, 0.3) is 16.9 Å². The molecule has 100 valence electrons. The predicted octanol–water partition coefficient (Wildman–Crippen LogP) is 3.57. The van der Waals surface area contributed by atoms with Crippen LogP contribution in [0.15, 0.2) is 54.7 Å². The van der Waals surface area contributed by atoms with Crippen molar-refractivity contribution >= 4 is 5.69 Å². The van der Waals surface area contributed by atoms with Crippen molar-refractivity contribution < 1.29 is 4.39 Å². The molecule has 0 spiro atoms. The van der Waals surface area contributed by atoms with Crippen LogP contribution in [-0.2, 0) is 0 Å². The molecule has 0 bridgehead atoms. The molecule has 4 heteroatoms. The minimum atomic E-state index is -0.253. The van der Waals surface area contributed by atoms with Gasteiger partial charge in [0, 0.05) is 5.56 Å². The van der Waals surface area contributed by atoms with E-state index < -0.39 is 0 Å². The molecule has 0 saturated carbocycles. The van der Waals surface area contributed by atoms with Crippen LogP contribution in [0, 0.1) is 12.7 Å². The van der Waals surface area contributed by atoms with Crippen LogP contribution >= 0.6 is 0 Å². The number of para-hydroxylation sites is 2. The minimum Gasteiger partial charge on any atom is -0.397 e. The molecule has 3 nitrogen and oxygen atoms in total. The van der Waals surface area contributed by atoms with Gasteiger partial charge in [0.05, 0.1) is 23.3 Å². The van der Waals surface area contributed by atoms with Gasteiger partial charge in [-0.05, 0) is 48.9 Å². The summed E-state index contributed by atoms with van der Waals surface area (Å²) in [5.41, 5.74) is 10.3. The van der Waals surface area contributed by atoms with Crippen LogP contribution < -0.4 is 5.73 Å². The lowest BCUT2D eigenvalue weighted by molar-refractivity contribution is 0.628. The molecular formula is C16H14FN3. The van der Waals surface area contributed by atoms with E-state index >= 15 is 0 Å². The smallest absolute Gasteiger partial charge is 0.123 e. The molecule has 0 unspecified atom stereocenters. The van der Waals surface area contributed by atoms with Gasteiger partial charge in [-0.1, -0.05) is 12.1 Å². The Bertz CT molecular complexity index is 745. The predicted molar refractivity (Wildman–Crippen MR) is 78.1 cm³/mol. The average molecular weight is 267 g/mol. The monoisotopic (exact) mass is 267 g/mol. The number of hydrogen-bond donors (Lipinski definition) is 1. The number of nitrogens with two attached hydrogens (primary N) is 1. The number of nitrogen functional groups attached to an aromatic ring is 1. The van der Waals surface area contributed by atoms with Crippen LogP contribution in [0.3, 0.4) is 0 Å². The summed E-state index contributed by atoms with van der Waals surface area (Å²) in [6.07, 6.45) is 1.78. The Morgan fingerprint density at radius 1 is 1.05 bits per heavy atom. The molecule has 2 aromatic carbocycles. The fourth-order valence-corrected chi connectivity index (χ4v) is 2.25. The SMILES string of the molecule is Cc1cnn(-c2ccccc2N)c1-c1ccc(F)cc1. The van der Waals surface area contributed by atoms with E-state index in [1.54, 1.807) is 23.0 Å². The Labute approximate surface area is 116 Å². The Balaban J connectivity index is 2.20. The van der Waals surface area contributed by atoms with Gasteiger partial charge < -0.3 is 5.73 Å². The molecule has 3 aromatic rings. The highest BCUT2D eigenvalue weighted by molar-refractivity contribution is 5.68. The number of anilines is 1. The molecule has 0 amide bonds. The highest BCUT2D eigenvalue weighted by Gasteiger charge is 2.13. The molecule has 0 aliphatic carbocycles. The third-order valence-electron chi connectivity index (χ3n) is 3.23. The number of rotatable bonds is 2. The molecule has 2 N–H and O–H groups in total. The number of hydrogen-bond acceptors (Lipinski definition) is 2. The summed E-state index contributed by atoms with van der Waals surface area (Å²) in [5, 5.41) is 4.39. The van der Waals surface area contributed by atoms with Gasteiger partial charge in [0.25, 0.3) is 0 Å². The van der Waals surface area contributed by atoms with Crippen molar-refractivity contribution in [1.29, 1.82) is 0 Å². The largest absolute Gasteiger partial charge is 0.397 e. The summed E-state index contributed by atoms with van der Waals surface area (Å²) in [5.74, 6) is -0.253. The summed E-state index contributed by atoms with van der Waals surface area (Å²) in [4.78, 5) is 0. The zero-order valence-corrected chi connectivity index (χ0v) is 11.0. The van der Waals surface area contributed by atoms with Crippen LogP contribution in [0.1, 0.15) is 5.56 Å². The first kappa shape index (κ1) is 12.4. The number of benzene rings is 2. The number of aryl methyl sites for hydroxylation is 1. The van der Waals surface area contributed by atoms with Gasteiger partial charge in [0.15, 0.2) is 0 Å². The molecule has 0 atom stereocenters. The number of aromatic nitrogens is 2. The molecule has 0 aliphatic heterocycles. The Morgan fingerprint density at radius 3 is 2.45 bits per heavy atom. The first-order valence-electron chi connectivity index (χ1n) is 6.32. The molecule has 0 fully saturated rings. The summed E-state index contributed by atoms with van der Waals surface area (Å²) < 4.78 is 14.9. The van der Waals surface area contributed by atoms with Crippen LogP contribution in [-0.4, -0.2) is 9.78 Å². The second-order valence-corrected chi connectivity index (χ2v) is 4.65. The van der Waals surface area contributed by atoms with E-state index in [4.69, 9.17) is 5.73 Å². The Morgan fingerprint density at radius 2 is 1.75 bits per heavy atom. The zero-order chi connectivity index (χ0) is 14.1. The molecule has 0 aliphatic rings. The summed E-state index contributed by atoms with van der Waals surface area (Å²) in [6.45, 7) is 1.97. The first-order valence-corrected chi connectivity index (χ1v) is 6.32. The van der Waals surface area contributed by atoms with Crippen molar-refractivity contribution in [3.05, 3.63) is 66.1 Å². The van der Waals surface area contributed by atoms with Gasteiger partial charge in [-0.25, -0.2) is 9.07 Å². The van der Waals surface area contributed by atoms with Crippen LogP contribution in [0.2, 0.25) is 0 Å². The third kappa shape index (κ3) is 2.05. The summed E-state index contributed by atoms with van der Waals surface area (Å²) in [7, 11) is 0. The fraction of sp³-hybridized carbons (Fsp3) is 0.0625. The summed E-state index contributed by atoms with van der Waals surface area (Å²) in [6, 6.07) is 13.9. The normalized spacial score (nSPS) is 10.7. The van der Waals surface area contributed by atoms with Gasteiger partial charge in [-0.15, -0.1) is 0 Å². The van der Waals surface area contributed by atoms with Crippen molar-refractivity contribution in [2.45, 2.75) is 6.92 Å². The van der Waals surface area contributed by atoms with Crippen molar-refractivity contribution in [2.75, 3.05) is 5.73 Å². The maximum Gasteiger partial charge on any atom is 0.123 e. The topological polar surface area (TPSA) is 43.8 Å². The van der Waals surface area contributed by atoms with Crippen molar-refractivity contribution in [1.82, 2.24) is 9.78 Å².